The molecule has 2 heterocycles. The molecular formula is C20H18N4O2. The Kier molecular flexibility index (Phi) is 5.17. The molecule has 1 amide bonds. The normalized spacial score (nSPS) is 15.9. The van der Waals surface area contributed by atoms with E-state index in [2.05, 4.69) is 10.6 Å². The van der Waals surface area contributed by atoms with E-state index in [1.165, 1.54) is 0 Å². The van der Waals surface area contributed by atoms with E-state index in [1.807, 2.05) is 36.3 Å². The maximum Gasteiger partial charge on any atom is 0.259 e. The van der Waals surface area contributed by atoms with Crippen LogP contribution in [0.1, 0.15) is 5.56 Å². The molecule has 1 aromatic carbocycles. The summed E-state index contributed by atoms with van der Waals surface area (Å²) in [7, 11) is 0. The molecule has 130 valence electrons. The number of carbonyl (C=O) groups excluding carboxylic acids is 2. The van der Waals surface area contributed by atoms with Gasteiger partial charge in [-0.3, -0.25) is 4.79 Å². The summed E-state index contributed by atoms with van der Waals surface area (Å²) in [4.78, 5) is 25.9. The summed E-state index contributed by atoms with van der Waals surface area (Å²) < 4.78 is 0. The number of amides is 1. The lowest BCUT2D eigenvalue weighted by Gasteiger charge is -2.25. The molecule has 0 bridgehead atoms. The SMILES string of the molecule is NC1=C(NC(=O)C2=CC=CN(Cc3ccccc3)C2=C=O)NC=CC=C1. The Labute approximate surface area is 151 Å². The summed E-state index contributed by atoms with van der Waals surface area (Å²) in [5, 5.41) is 5.60. The zero-order valence-corrected chi connectivity index (χ0v) is 14.0. The molecule has 6 heteroatoms. The number of benzene rings is 1. The highest BCUT2D eigenvalue weighted by atomic mass is 16.2. The van der Waals surface area contributed by atoms with Crippen molar-refractivity contribution < 1.29 is 9.59 Å². The van der Waals surface area contributed by atoms with Crippen LogP contribution in [0.4, 0.5) is 0 Å². The van der Waals surface area contributed by atoms with Crippen molar-refractivity contribution in [3.63, 3.8) is 0 Å². The zero-order chi connectivity index (χ0) is 18.4. The number of hydrogen-bond donors (Lipinski definition) is 3. The summed E-state index contributed by atoms with van der Waals surface area (Å²) >= 11 is 0. The molecule has 2 aliphatic heterocycles. The fraction of sp³-hybridized carbons (Fsp3) is 0.0500. The first-order valence-electron chi connectivity index (χ1n) is 8.04. The Morgan fingerprint density at radius 2 is 2.00 bits per heavy atom. The van der Waals surface area contributed by atoms with Crippen molar-refractivity contribution in [3.8, 4) is 0 Å². The second-order valence-corrected chi connectivity index (χ2v) is 5.63. The number of allylic oxidation sites excluding steroid dienone is 5. The second-order valence-electron chi connectivity index (χ2n) is 5.63. The fourth-order valence-electron chi connectivity index (χ4n) is 2.56. The predicted molar refractivity (Wildman–Crippen MR) is 99.2 cm³/mol. The van der Waals surface area contributed by atoms with Gasteiger partial charge in [-0.15, -0.1) is 0 Å². The Balaban J connectivity index is 1.79. The van der Waals surface area contributed by atoms with E-state index < -0.39 is 5.91 Å². The highest BCUT2D eigenvalue weighted by Gasteiger charge is 2.23. The standard InChI is InChI=1S/C20H18N4O2/c21-17-10-4-5-11-22-19(17)23-20(26)16-9-6-12-24(18(16)14-25)13-15-7-2-1-3-8-15/h1-12,22H,13,21H2,(H,23,26). The summed E-state index contributed by atoms with van der Waals surface area (Å²) in [5.74, 6) is 1.79. The molecule has 0 aromatic heterocycles. The van der Waals surface area contributed by atoms with Crippen LogP contribution in [0, 0.1) is 0 Å². The number of rotatable bonds is 4. The van der Waals surface area contributed by atoms with Crippen LogP contribution in [0.25, 0.3) is 0 Å². The molecule has 0 saturated carbocycles. The first-order chi connectivity index (χ1) is 12.7. The number of carbonyl (C=O) groups is 1. The van der Waals surface area contributed by atoms with Gasteiger partial charge in [0.05, 0.1) is 11.3 Å². The van der Waals surface area contributed by atoms with Crippen molar-refractivity contribution in [2.75, 3.05) is 0 Å². The Morgan fingerprint density at radius 3 is 2.77 bits per heavy atom. The zero-order valence-electron chi connectivity index (χ0n) is 14.0. The molecule has 0 spiro atoms. The lowest BCUT2D eigenvalue weighted by atomic mass is 10.1. The molecule has 26 heavy (non-hydrogen) atoms. The third kappa shape index (κ3) is 3.83. The third-order valence-corrected chi connectivity index (χ3v) is 3.85. The van der Waals surface area contributed by atoms with Crippen LogP contribution in [0.5, 0.6) is 0 Å². The summed E-state index contributed by atoms with van der Waals surface area (Å²) in [6.45, 7) is 0.459. The van der Waals surface area contributed by atoms with Gasteiger partial charge in [0.1, 0.15) is 11.5 Å². The van der Waals surface area contributed by atoms with E-state index in [9.17, 15) is 9.59 Å². The fourth-order valence-corrected chi connectivity index (χ4v) is 2.56. The van der Waals surface area contributed by atoms with Crippen LogP contribution >= 0.6 is 0 Å². The maximum atomic E-state index is 12.7. The van der Waals surface area contributed by atoms with Crippen molar-refractivity contribution in [3.05, 3.63) is 101 Å². The molecule has 0 atom stereocenters. The second kappa shape index (κ2) is 7.88. The van der Waals surface area contributed by atoms with E-state index in [4.69, 9.17) is 5.73 Å². The highest BCUT2D eigenvalue weighted by Crippen LogP contribution is 2.21. The van der Waals surface area contributed by atoms with Gasteiger partial charge in [-0.1, -0.05) is 36.4 Å². The molecule has 0 radical (unpaired) electrons. The lowest BCUT2D eigenvalue weighted by molar-refractivity contribution is -0.116. The van der Waals surface area contributed by atoms with E-state index in [0.29, 0.717) is 18.1 Å². The first-order valence-corrected chi connectivity index (χ1v) is 8.04. The van der Waals surface area contributed by atoms with Gasteiger partial charge in [0.15, 0.2) is 5.94 Å². The number of nitrogens with one attached hydrogen (secondary N) is 2. The van der Waals surface area contributed by atoms with Gasteiger partial charge in [-0.05, 0) is 29.9 Å². The van der Waals surface area contributed by atoms with Gasteiger partial charge in [0.2, 0.25) is 0 Å². The largest absolute Gasteiger partial charge is 0.396 e. The van der Waals surface area contributed by atoms with Gasteiger partial charge >= 0.3 is 0 Å². The van der Waals surface area contributed by atoms with E-state index >= 15 is 0 Å². The van der Waals surface area contributed by atoms with Gasteiger partial charge in [0.25, 0.3) is 5.91 Å². The first kappa shape index (κ1) is 17.1. The monoisotopic (exact) mass is 346 g/mol. The van der Waals surface area contributed by atoms with Crippen LogP contribution in [-0.4, -0.2) is 16.7 Å². The average molecular weight is 346 g/mol. The minimum Gasteiger partial charge on any atom is -0.396 e. The molecule has 6 nitrogen and oxygen atoms in total. The van der Waals surface area contributed by atoms with E-state index in [-0.39, 0.29) is 11.3 Å². The van der Waals surface area contributed by atoms with E-state index in [1.54, 1.807) is 47.7 Å². The van der Waals surface area contributed by atoms with Crippen molar-refractivity contribution >= 4 is 11.8 Å². The molecule has 0 saturated heterocycles. The van der Waals surface area contributed by atoms with Crippen LogP contribution in [0.15, 0.2) is 95.9 Å². The molecule has 1 aromatic rings. The lowest BCUT2D eigenvalue weighted by Crippen LogP contribution is -2.35. The average Bonchev–Trinajstić information content (AvgIpc) is 2.87. The van der Waals surface area contributed by atoms with Gasteiger partial charge in [0, 0.05) is 18.9 Å². The van der Waals surface area contributed by atoms with Crippen molar-refractivity contribution in [2.24, 2.45) is 5.73 Å². The molecule has 0 unspecified atom stereocenters. The number of hydrogen-bond acceptors (Lipinski definition) is 5. The predicted octanol–water partition coefficient (Wildman–Crippen LogP) is 1.57. The summed E-state index contributed by atoms with van der Waals surface area (Å²) in [6.07, 6.45) is 11.9. The minimum absolute atomic E-state index is 0.174. The van der Waals surface area contributed by atoms with Gasteiger partial charge in [-0.2, -0.15) is 0 Å². The quantitative estimate of drug-likeness (QED) is 0.721. The third-order valence-electron chi connectivity index (χ3n) is 3.85. The molecule has 4 N–H and O–H groups in total. The smallest absolute Gasteiger partial charge is 0.259 e. The Morgan fingerprint density at radius 1 is 1.19 bits per heavy atom. The highest BCUT2D eigenvalue weighted by molar-refractivity contribution is 6.01. The van der Waals surface area contributed by atoms with Crippen LogP contribution in [0.3, 0.4) is 0 Å². The minimum atomic E-state index is -0.445. The summed E-state index contributed by atoms with van der Waals surface area (Å²) in [5.41, 5.74) is 7.69. The van der Waals surface area contributed by atoms with Crippen molar-refractivity contribution in [2.45, 2.75) is 6.54 Å². The number of nitrogens with zero attached hydrogens (tertiary/aromatic N) is 1. The van der Waals surface area contributed by atoms with Crippen LogP contribution < -0.4 is 16.4 Å². The molecule has 2 aliphatic rings. The van der Waals surface area contributed by atoms with E-state index in [0.717, 1.165) is 5.56 Å². The summed E-state index contributed by atoms with van der Waals surface area (Å²) in [6, 6.07) is 9.67. The molecule has 0 fully saturated rings. The molecular weight excluding hydrogens is 328 g/mol. The van der Waals surface area contributed by atoms with Crippen molar-refractivity contribution in [1.82, 2.24) is 15.5 Å². The maximum absolute atomic E-state index is 12.7. The van der Waals surface area contributed by atoms with Crippen LogP contribution in [0.2, 0.25) is 0 Å². The Bertz CT molecular complexity index is 901. The van der Waals surface area contributed by atoms with Crippen LogP contribution in [-0.2, 0) is 16.1 Å². The Hall–Kier alpha value is -3.76. The van der Waals surface area contributed by atoms with Gasteiger partial charge < -0.3 is 21.3 Å². The molecule has 3 rings (SSSR count). The van der Waals surface area contributed by atoms with Gasteiger partial charge in [-0.25, -0.2) is 4.79 Å². The molecule has 0 aliphatic carbocycles. The topological polar surface area (TPSA) is 87.5 Å². The van der Waals surface area contributed by atoms with Crippen molar-refractivity contribution in [1.29, 1.82) is 0 Å². The number of nitrogens with two attached hydrogens (primary N) is 1.